The lowest BCUT2D eigenvalue weighted by molar-refractivity contribution is -0.162. The molecule has 0 aliphatic carbocycles. The van der Waals surface area contributed by atoms with E-state index in [1.54, 1.807) is 48.5 Å². The van der Waals surface area contributed by atoms with Crippen LogP contribution in [-0.2, 0) is 14.3 Å². The monoisotopic (exact) mass is 352 g/mol. The molecule has 0 spiro atoms. The highest BCUT2D eigenvalue weighted by Gasteiger charge is 2.31. The van der Waals surface area contributed by atoms with Crippen molar-refractivity contribution in [2.24, 2.45) is 0 Å². The molecule has 2 aromatic rings. The summed E-state index contributed by atoms with van der Waals surface area (Å²) in [5.41, 5.74) is 0.675. The van der Waals surface area contributed by atoms with Gasteiger partial charge in [-0.25, -0.2) is 4.79 Å². The molecule has 0 radical (unpaired) electrons. The molecule has 7 heteroatoms. The van der Waals surface area contributed by atoms with Crippen LogP contribution < -0.4 is 14.8 Å². The molecule has 0 bridgehead atoms. The molecule has 0 aromatic heterocycles. The molecule has 0 saturated carbocycles. The van der Waals surface area contributed by atoms with Crippen molar-refractivity contribution in [1.29, 1.82) is 5.26 Å². The standard InChI is InChI=1S/C19H16N2O5/c1-12(18(22)21-14-7-3-2-6-13(14)10-20)25-19(23)17-11-24-15-8-4-5-9-16(15)26-17/h2-9,12,17H,11H2,1H3,(H,21,22)/t12-,17-/m0/s1. The van der Waals surface area contributed by atoms with E-state index in [0.29, 0.717) is 22.7 Å². The summed E-state index contributed by atoms with van der Waals surface area (Å²) in [5, 5.41) is 11.6. The van der Waals surface area contributed by atoms with Gasteiger partial charge >= 0.3 is 5.97 Å². The van der Waals surface area contributed by atoms with Crippen LogP contribution in [0.15, 0.2) is 48.5 Å². The van der Waals surface area contributed by atoms with Crippen molar-refractivity contribution in [2.45, 2.75) is 19.1 Å². The third kappa shape index (κ3) is 3.75. The van der Waals surface area contributed by atoms with Crippen molar-refractivity contribution in [3.63, 3.8) is 0 Å². The van der Waals surface area contributed by atoms with Crippen LogP contribution in [-0.4, -0.2) is 30.7 Å². The van der Waals surface area contributed by atoms with Gasteiger partial charge in [-0.3, -0.25) is 4.79 Å². The average molecular weight is 352 g/mol. The molecule has 1 heterocycles. The number of fused-ring (bicyclic) bond motifs is 1. The average Bonchev–Trinajstić information content (AvgIpc) is 2.67. The maximum absolute atomic E-state index is 12.2. The summed E-state index contributed by atoms with van der Waals surface area (Å²) < 4.78 is 16.2. The number of nitriles is 1. The van der Waals surface area contributed by atoms with Gasteiger partial charge in [0.15, 0.2) is 17.6 Å². The van der Waals surface area contributed by atoms with Gasteiger partial charge in [0.2, 0.25) is 6.10 Å². The number of amides is 1. The van der Waals surface area contributed by atoms with E-state index in [0.717, 1.165) is 0 Å². The zero-order chi connectivity index (χ0) is 18.5. The number of nitrogens with one attached hydrogen (secondary N) is 1. The normalized spacial score (nSPS) is 16.1. The summed E-state index contributed by atoms with van der Waals surface area (Å²) in [6, 6.07) is 15.5. The molecule has 1 aliphatic rings. The van der Waals surface area contributed by atoms with Crippen LogP contribution >= 0.6 is 0 Å². The van der Waals surface area contributed by atoms with Gasteiger partial charge in [-0.2, -0.15) is 5.26 Å². The lowest BCUT2D eigenvalue weighted by Crippen LogP contribution is -2.41. The number of benzene rings is 2. The number of anilines is 1. The molecule has 7 nitrogen and oxygen atoms in total. The number of rotatable bonds is 4. The third-order valence-corrected chi connectivity index (χ3v) is 3.74. The van der Waals surface area contributed by atoms with Gasteiger partial charge in [0.05, 0.1) is 11.3 Å². The number of hydrogen-bond acceptors (Lipinski definition) is 6. The minimum atomic E-state index is -1.06. The Balaban J connectivity index is 1.59. The summed E-state index contributed by atoms with van der Waals surface area (Å²) in [4.78, 5) is 24.5. The zero-order valence-electron chi connectivity index (χ0n) is 14.0. The molecule has 0 saturated heterocycles. The SMILES string of the molecule is C[C@H](OC(=O)[C@@H]1COc2ccccc2O1)C(=O)Nc1ccccc1C#N. The van der Waals surface area contributed by atoms with Crippen LogP contribution in [0.1, 0.15) is 12.5 Å². The summed E-state index contributed by atoms with van der Waals surface area (Å²) in [6.45, 7) is 1.45. The van der Waals surface area contributed by atoms with E-state index in [1.165, 1.54) is 6.92 Å². The lowest BCUT2D eigenvalue weighted by Gasteiger charge is -2.25. The molecule has 1 amide bonds. The summed E-state index contributed by atoms with van der Waals surface area (Å²) in [7, 11) is 0. The smallest absolute Gasteiger partial charge is 0.351 e. The molecule has 1 N–H and O–H groups in total. The van der Waals surface area contributed by atoms with Gasteiger partial charge in [0.1, 0.15) is 12.7 Å². The maximum atomic E-state index is 12.2. The van der Waals surface area contributed by atoms with Crippen LogP contribution in [0.25, 0.3) is 0 Å². The van der Waals surface area contributed by atoms with Crippen molar-refractivity contribution in [1.82, 2.24) is 0 Å². The fourth-order valence-corrected chi connectivity index (χ4v) is 2.36. The first-order valence-corrected chi connectivity index (χ1v) is 7.97. The Morgan fingerprint density at radius 2 is 1.88 bits per heavy atom. The first kappa shape index (κ1) is 17.3. The Bertz CT molecular complexity index is 874. The minimum Gasteiger partial charge on any atom is -0.485 e. The fraction of sp³-hybridized carbons (Fsp3) is 0.211. The summed E-state index contributed by atoms with van der Waals surface area (Å²) in [5.74, 6) is -0.245. The van der Waals surface area contributed by atoms with Crippen molar-refractivity contribution in [2.75, 3.05) is 11.9 Å². The van der Waals surface area contributed by atoms with Crippen molar-refractivity contribution < 1.29 is 23.8 Å². The predicted molar refractivity (Wildman–Crippen MR) is 91.7 cm³/mol. The van der Waals surface area contributed by atoms with Crippen LogP contribution in [0, 0.1) is 11.3 Å². The van der Waals surface area contributed by atoms with Crippen molar-refractivity contribution >= 4 is 17.6 Å². The van der Waals surface area contributed by atoms with Crippen LogP contribution in [0.5, 0.6) is 11.5 Å². The minimum absolute atomic E-state index is 0.00144. The first-order chi connectivity index (χ1) is 12.6. The Kier molecular flexibility index (Phi) is 5.04. The Labute approximate surface area is 150 Å². The highest BCUT2D eigenvalue weighted by atomic mass is 16.6. The molecule has 0 fully saturated rings. The van der Waals surface area contributed by atoms with E-state index >= 15 is 0 Å². The molecular weight excluding hydrogens is 336 g/mol. The number of ether oxygens (including phenoxy) is 3. The largest absolute Gasteiger partial charge is 0.485 e. The van der Waals surface area contributed by atoms with E-state index < -0.39 is 24.1 Å². The van der Waals surface area contributed by atoms with E-state index in [1.807, 2.05) is 6.07 Å². The van der Waals surface area contributed by atoms with Crippen LogP contribution in [0.4, 0.5) is 5.69 Å². The Hall–Kier alpha value is -3.53. The highest BCUT2D eigenvalue weighted by molar-refractivity contribution is 5.96. The Morgan fingerprint density at radius 3 is 2.65 bits per heavy atom. The second kappa shape index (κ2) is 7.57. The Morgan fingerprint density at radius 1 is 1.19 bits per heavy atom. The third-order valence-electron chi connectivity index (χ3n) is 3.74. The topological polar surface area (TPSA) is 97.7 Å². The van der Waals surface area contributed by atoms with E-state index in [9.17, 15) is 9.59 Å². The maximum Gasteiger partial charge on any atom is 0.351 e. The predicted octanol–water partition coefficient (Wildman–Crippen LogP) is 2.27. The fourth-order valence-electron chi connectivity index (χ4n) is 2.36. The number of esters is 1. The molecule has 1 aliphatic heterocycles. The molecule has 3 rings (SSSR count). The zero-order valence-corrected chi connectivity index (χ0v) is 14.0. The second-order valence-corrected chi connectivity index (χ2v) is 5.59. The number of para-hydroxylation sites is 3. The van der Waals surface area contributed by atoms with Crippen LogP contribution in [0.3, 0.4) is 0 Å². The van der Waals surface area contributed by atoms with Gasteiger partial charge in [0.25, 0.3) is 5.91 Å². The number of carbonyl (C=O) groups excluding carboxylic acids is 2. The van der Waals surface area contributed by atoms with E-state index in [2.05, 4.69) is 5.32 Å². The van der Waals surface area contributed by atoms with Crippen molar-refractivity contribution in [3.05, 3.63) is 54.1 Å². The number of hydrogen-bond donors (Lipinski definition) is 1. The quantitative estimate of drug-likeness (QED) is 0.848. The van der Waals surface area contributed by atoms with Gasteiger partial charge in [-0.05, 0) is 31.2 Å². The highest BCUT2D eigenvalue weighted by Crippen LogP contribution is 2.31. The molecule has 2 aromatic carbocycles. The number of carbonyl (C=O) groups is 2. The van der Waals surface area contributed by atoms with E-state index in [4.69, 9.17) is 19.5 Å². The van der Waals surface area contributed by atoms with Gasteiger partial charge in [-0.15, -0.1) is 0 Å². The molecular formula is C19H16N2O5. The summed E-state index contributed by atoms with van der Waals surface area (Å²) in [6.07, 6.45) is -2.01. The lowest BCUT2D eigenvalue weighted by atomic mass is 10.2. The first-order valence-electron chi connectivity index (χ1n) is 7.97. The van der Waals surface area contributed by atoms with E-state index in [-0.39, 0.29) is 6.61 Å². The molecule has 132 valence electrons. The van der Waals surface area contributed by atoms with Gasteiger partial charge in [-0.1, -0.05) is 24.3 Å². The van der Waals surface area contributed by atoms with Gasteiger partial charge < -0.3 is 19.5 Å². The molecule has 26 heavy (non-hydrogen) atoms. The second-order valence-electron chi connectivity index (χ2n) is 5.59. The summed E-state index contributed by atoms with van der Waals surface area (Å²) >= 11 is 0. The molecule has 0 unspecified atom stereocenters. The number of nitrogens with zero attached hydrogens (tertiary/aromatic N) is 1. The van der Waals surface area contributed by atoms with Gasteiger partial charge in [0, 0.05) is 0 Å². The van der Waals surface area contributed by atoms with Crippen molar-refractivity contribution in [3.8, 4) is 17.6 Å². The van der Waals surface area contributed by atoms with Crippen LogP contribution in [0.2, 0.25) is 0 Å². The molecule has 2 atom stereocenters.